The van der Waals surface area contributed by atoms with Gasteiger partial charge in [-0.1, -0.05) is 32.0 Å². The summed E-state index contributed by atoms with van der Waals surface area (Å²) in [6, 6.07) is 21.9. The Bertz CT molecular complexity index is 986. The van der Waals surface area contributed by atoms with Crippen LogP contribution in [0.5, 0.6) is 23.0 Å². The van der Waals surface area contributed by atoms with E-state index in [1.54, 1.807) is 49.6 Å². The maximum Gasteiger partial charge on any atom is 0.255 e. The lowest BCUT2D eigenvalue weighted by molar-refractivity contribution is 0.102. The van der Waals surface area contributed by atoms with Crippen LogP contribution in [0.1, 0.15) is 24.2 Å². The predicted molar refractivity (Wildman–Crippen MR) is 127 cm³/mol. The molecule has 0 fully saturated rings. The average molecular weight is 435 g/mol. The highest BCUT2D eigenvalue weighted by Gasteiger charge is 2.11. The second kappa shape index (κ2) is 11.8. The minimum Gasteiger partial charge on any atom is -0.493 e. The molecule has 32 heavy (non-hydrogen) atoms. The molecule has 0 atom stereocenters. The number of rotatable bonds is 11. The summed E-state index contributed by atoms with van der Waals surface area (Å²) in [5.74, 6) is 2.43. The first kappa shape index (κ1) is 23.2. The van der Waals surface area contributed by atoms with Gasteiger partial charge in [-0.3, -0.25) is 4.79 Å². The van der Waals surface area contributed by atoms with Gasteiger partial charge in [-0.05, 0) is 61.6 Å². The molecule has 3 aromatic rings. The first-order valence-corrected chi connectivity index (χ1v) is 10.8. The molecule has 0 spiro atoms. The molecule has 0 unspecified atom stereocenters. The van der Waals surface area contributed by atoms with Crippen molar-refractivity contribution in [1.82, 2.24) is 4.90 Å². The molecule has 0 aliphatic heterocycles. The van der Waals surface area contributed by atoms with Crippen LogP contribution in [0.25, 0.3) is 0 Å². The van der Waals surface area contributed by atoms with Gasteiger partial charge in [-0.15, -0.1) is 0 Å². The summed E-state index contributed by atoms with van der Waals surface area (Å²) in [6.45, 7) is 7.56. The molecular weight excluding hydrogens is 404 g/mol. The molecule has 168 valence electrons. The summed E-state index contributed by atoms with van der Waals surface area (Å²) in [7, 11) is 1.60. The normalized spacial score (nSPS) is 10.6. The zero-order valence-corrected chi connectivity index (χ0v) is 18.8. The van der Waals surface area contributed by atoms with Crippen molar-refractivity contribution in [3.8, 4) is 23.0 Å². The van der Waals surface area contributed by atoms with Gasteiger partial charge >= 0.3 is 0 Å². The van der Waals surface area contributed by atoms with Crippen LogP contribution < -0.4 is 19.5 Å². The SMILES string of the molecule is CCN(CC)CCOc1cc(NC(=O)c2ccc(Oc3ccccc3)cc2)ccc1OC. The number of hydrogen-bond acceptors (Lipinski definition) is 5. The Balaban J connectivity index is 1.62. The second-order valence-corrected chi connectivity index (χ2v) is 7.13. The van der Waals surface area contributed by atoms with Gasteiger partial charge in [0.2, 0.25) is 0 Å². The summed E-state index contributed by atoms with van der Waals surface area (Å²) in [5.41, 5.74) is 1.17. The van der Waals surface area contributed by atoms with E-state index in [9.17, 15) is 4.79 Å². The molecular formula is C26H30N2O4. The van der Waals surface area contributed by atoms with Crippen LogP contribution in [-0.2, 0) is 0 Å². The molecule has 1 N–H and O–H groups in total. The van der Waals surface area contributed by atoms with E-state index < -0.39 is 0 Å². The molecule has 0 bridgehead atoms. The van der Waals surface area contributed by atoms with Gasteiger partial charge < -0.3 is 24.4 Å². The molecule has 6 heteroatoms. The largest absolute Gasteiger partial charge is 0.493 e. The third-order valence-corrected chi connectivity index (χ3v) is 5.08. The number of nitrogens with zero attached hydrogens (tertiary/aromatic N) is 1. The number of carbonyl (C=O) groups excluding carboxylic acids is 1. The highest BCUT2D eigenvalue weighted by atomic mass is 16.5. The Labute approximate surface area is 189 Å². The van der Waals surface area contributed by atoms with Crippen LogP contribution in [0.3, 0.4) is 0 Å². The van der Waals surface area contributed by atoms with E-state index in [4.69, 9.17) is 14.2 Å². The fourth-order valence-corrected chi connectivity index (χ4v) is 3.19. The number of likely N-dealkylation sites (N-methyl/N-ethyl adjacent to an activating group) is 1. The molecule has 3 rings (SSSR count). The van der Waals surface area contributed by atoms with Crippen LogP contribution in [-0.4, -0.2) is 44.2 Å². The minimum absolute atomic E-state index is 0.212. The highest BCUT2D eigenvalue weighted by molar-refractivity contribution is 6.04. The fraction of sp³-hybridized carbons (Fsp3) is 0.269. The Morgan fingerprint density at radius 1 is 0.875 bits per heavy atom. The molecule has 0 aromatic heterocycles. The number of benzene rings is 3. The maximum absolute atomic E-state index is 12.7. The van der Waals surface area contributed by atoms with Gasteiger partial charge in [0.15, 0.2) is 11.5 Å². The van der Waals surface area contributed by atoms with Gasteiger partial charge in [-0.25, -0.2) is 0 Å². The molecule has 6 nitrogen and oxygen atoms in total. The molecule has 0 saturated heterocycles. The number of methoxy groups -OCH3 is 1. The minimum atomic E-state index is -0.212. The van der Waals surface area contributed by atoms with Crippen LogP contribution in [0, 0.1) is 0 Å². The molecule has 1 amide bonds. The average Bonchev–Trinajstić information content (AvgIpc) is 2.83. The highest BCUT2D eigenvalue weighted by Crippen LogP contribution is 2.30. The van der Waals surface area contributed by atoms with E-state index in [0.717, 1.165) is 25.4 Å². The van der Waals surface area contributed by atoms with Gasteiger partial charge in [0.1, 0.15) is 18.1 Å². The number of nitrogens with one attached hydrogen (secondary N) is 1. The van der Waals surface area contributed by atoms with E-state index in [0.29, 0.717) is 35.1 Å². The summed E-state index contributed by atoms with van der Waals surface area (Å²) in [5, 5.41) is 2.91. The van der Waals surface area contributed by atoms with E-state index in [2.05, 4.69) is 24.1 Å². The van der Waals surface area contributed by atoms with Crippen molar-refractivity contribution >= 4 is 11.6 Å². The summed E-state index contributed by atoms with van der Waals surface area (Å²) in [6.07, 6.45) is 0. The maximum atomic E-state index is 12.7. The van der Waals surface area contributed by atoms with Gasteiger partial charge in [0.25, 0.3) is 5.91 Å². The lowest BCUT2D eigenvalue weighted by atomic mass is 10.2. The molecule has 0 saturated carbocycles. The number of para-hydroxylation sites is 1. The van der Waals surface area contributed by atoms with E-state index >= 15 is 0 Å². The Morgan fingerprint density at radius 2 is 1.56 bits per heavy atom. The van der Waals surface area contributed by atoms with Crippen LogP contribution in [0.15, 0.2) is 72.8 Å². The first-order valence-electron chi connectivity index (χ1n) is 10.8. The molecule has 3 aromatic carbocycles. The Hall–Kier alpha value is -3.51. The van der Waals surface area contributed by atoms with Crippen molar-refractivity contribution in [2.24, 2.45) is 0 Å². The fourth-order valence-electron chi connectivity index (χ4n) is 3.19. The zero-order valence-electron chi connectivity index (χ0n) is 18.8. The number of ether oxygens (including phenoxy) is 3. The molecule has 0 aliphatic carbocycles. The van der Waals surface area contributed by atoms with Gasteiger partial charge in [0.05, 0.1) is 7.11 Å². The summed E-state index contributed by atoms with van der Waals surface area (Å²) < 4.78 is 17.1. The molecule has 0 heterocycles. The van der Waals surface area contributed by atoms with Crippen LogP contribution in [0.4, 0.5) is 5.69 Å². The van der Waals surface area contributed by atoms with E-state index in [-0.39, 0.29) is 5.91 Å². The Morgan fingerprint density at radius 3 is 2.22 bits per heavy atom. The number of carbonyl (C=O) groups is 1. The standard InChI is InChI=1S/C26H30N2O4/c1-4-28(5-2)17-18-31-25-19-21(13-16-24(25)30-3)27-26(29)20-11-14-23(15-12-20)32-22-9-7-6-8-10-22/h6-16,19H,4-5,17-18H2,1-3H3,(H,27,29). The topological polar surface area (TPSA) is 60.0 Å². The van der Waals surface area contributed by atoms with Crippen molar-refractivity contribution in [3.05, 3.63) is 78.4 Å². The third-order valence-electron chi connectivity index (χ3n) is 5.08. The van der Waals surface area contributed by atoms with Crippen molar-refractivity contribution in [2.75, 3.05) is 38.7 Å². The number of amides is 1. The van der Waals surface area contributed by atoms with Crippen LogP contribution in [0.2, 0.25) is 0 Å². The first-order chi connectivity index (χ1) is 15.6. The lowest BCUT2D eigenvalue weighted by Crippen LogP contribution is -2.28. The summed E-state index contributed by atoms with van der Waals surface area (Å²) >= 11 is 0. The monoisotopic (exact) mass is 434 g/mol. The van der Waals surface area contributed by atoms with Gasteiger partial charge in [0, 0.05) is 23.9 Å². The number of anilines is 1. The molecule has 0 radical (unpaired) electrons. The van der Waals surface area contributed by atoms with Crippen molar-refractivity contribution < 1.29 is 19.0 Å². The summed E-state index contributed by atoms with van der Waals surface area (Å²) in [4.78, 5) is 15.0. The predicted octanol–water partition coefficient (Wildman–Crippen LogP) is 5.46. The van der Waals surface area contributed by atoms with E-state index in [1.165, 1.54) is 0 Å². The Kier molecular flexibility index (Phi) is 8.52. The van der Waals surface area contributed by atoms with Gasteiger partial charge in [-0.2, -0.15) is 0 Å². The van der Waals surface area contributed by atoms with Crippen LogP contribution >= 0.6 is 0 Å². The van der Waals surface area contributed by atoms with Crippen molar-refractivity contribution in [2.45, 2.75) is 13.8 Å². The van der Waals surface area contributed by atoms with Crippen molar-refractivity contribution in [3.63, 3.8) is 0 Å². The lowest BCUT2D eigenvalue weighted by Gasteiger charge is -2.19. The molecule has 0 aliphatic rings. The quantitative estimate of drug-likeness (QED) is 0.434. The zero-order chi connectivity index (χ0) is 22.8. The number of hydrogen-bond donors (Lipinski definition) is 1. The van der Waals surface area contributed by atoms with Crippen molar-refractivity contribution in [1.29, 1.82) is 0 Å². The third kappa shape index (κ3) is 6.49. The second-order valence-electron chi connectivity index (χ2n) is 7.13. The smallest absolute Gasteiger partial charge is 0.255 e. The van der Waals surface area contributed by atoms with E-state index in [1.807, 2.05) is 30.3 Å².